The molecule has 5 rings (SSSR count). The van der Waals surface area contributed by atoms with Crippen molar-refractivity contribution in [3.05, 3.63) is 83.9 Å². The Kier molecular flexibility index (Phi) is 3.74. The third kappa shape index (κ3) is 2.46. The Balaban J connectivity index is 1.57. The molecule has 2 aliphatic heterocycles. The van der Waals surface area contributed by atoms with Gasteiger partial charge in [-0.1, -0.05) is 36.4 Å². The number of rotatable bonds is 2. The van der Waals surface area contributed by atoms with E-state index in [0.717, 1.165) is 4.90 Å². The second-order valence-electron chi connectivity index (χ2n) is 6.91. The van der Waals surface area contributed by atoms with Crippen molar-refractivity contribution in [3.63, 3.8) is 0 Å². The second-order valence-corrected chi connectivity index (χ2v) is 6.91. The molecule has 0 N–H and O–H groups in total. The van der Waals surface area contributed by atoms with Crippen molar-refractivity contribution >= 4 is 29.1 Å². The summed E-state index contributed by atoms with van der Waals surface area (Å²) in [4.78, 5) is 41.8. The van der Waals surface area contributed by atoms with Gasteiger partial charge in [0.25, 0.3) is 17.7 Å². The zero-order chi connectivity index (χ0) is 20.1. The van der Waals surface area contributed by atoms with Crippen molar-refractivity contribution in [1.82, 2.24) is 4.90 Å². The van der Waals surface area contributed by atoms with E-state index in [9.17, 15) is 14.4 Å². The molecule has 2 aliphatic rings. The molecule has 29 heavy (non-hydrogen) atoms. The number of carbonyl (C=O) groups excluding carboxylic acids is 3. The van der Waals surface area contributed by atoms with Gasteiger partial charge in [-0.2, -0.15) is 0 Å². The fourth-order valence-corrected chi connectivity index (χ4v) is 3.80. The summed E-state index contributed by atoms with van der Waals surface area (Å²) in [7, 11) is 0. The monoisotopic (exact) mass is 384 g/mol. The number of hydrogen-bond donors (Lipinski definition) is 0. The van der Waals surface area contributed by atoms with Gasteiger partial charge >= 0.3 is 0 Å². The summed E-state index contributed by atoms with van der Waals surface area (Å²) in [6.45, 7) is 1.57. The molecule has 0 bridgehead atoms. The highest BCUT2D eigenvalue weighted by molar-refractivity contribution is 6.23. The maximum absolute atomic E-state index is 13.6. The Morgan fingerprint density at radius 3 is 1.72 bits per heavy atom. The van der Waals surface area contributed by atoms with Crippen LogP contribution in [0.1, 0.15) is 27.6 Å². The molecule has 142 valence electrons. The number of benzene rings is 3. The molecule has 0 aromatic heterocycles. The zero-order valence-corrected chi connectivity index (χ0v) is 15.5. The number of nitrogens with zero attached hydrogens (tertiary/aromatic N) is 2. The summed E-state index contributed by atoms with van der Waals surface area (Å²) in [5, 5.41) is 0. The molecule has 0 spiro atoms. The standard InChI is InChI=1S/C23H16N2O4/c1-14(24-22(27)15-8-2-3-9-16(15)23(24)28)21(26)25-17-10-4-6-12-19(17)29-20-13-7-5-11-18(20)25/h2-14H,1H3. The summed E-state index contributed by atoms with van der Waals surface area (Å²) >= 11 is 0. The molecule has 6 heteroatoms. The molecule has 0 aliphatic carbocycles. The molecule has 0 radical (unpaired) electrons. The predicted octanol–water partition coefficient (Wildman–Crippen LogP) is 4.14. The van der Waals surface area contributed by atoms with Crippen LogP contribution in [0.3, 0.4) is 0 Å². The van der Waals surface area contributed by atoms with Crippen molar-refractivity contribution < 1.29 is 19.1 Å². The van der Waals surface area contributed by atoms with Gasteiger partial charge in [0, 0.05) is 0 Å². The van der Waals surface area contributed by atoms with Gasteiger partial charge in [0.2, 0.25) is 0 Å². The molecule has 0 saturated heterocycles. The van der Waals surface area contributed by atoms with E-state index in [1.54, 1.807) is 55.5 Å². The van der Waals surface area contributed by atoms with Crippen molar-refractivity contribution in [2.24, 2.45) is 0 Å². The van der Waals surface area contributed by atoms with Crippen LogP contribution in [0.2, 0.25) is 0 Å². The summed E-state index contributed by atoms with van der Waals surface area (Å²) in [5.74, 6) is -0.228. The average molecular weight is 384 g/mol. The molecular weight excluding hydrogens is 368 g/mol. The average Bonchev–Trinajstić information content (AvgIpc) is 3.01. The van der Waals surface area contributed by atoms with E-state index in [-0.39, 0.29) is 5.91 Å². The number of carbonyl (C=O) groups is 3. The molecule has 0 fully saturated rings. The first-order chi connectivity index (χ1) is 14.1. The molecule has 1 atom stereocenters. The zero-order valence-electron chi connectivity index (χ0n) is 15.5. The van der Waals surface area contributed by atoms with Gasteiger partial charge in [-0.05, 0) is 43.3 Å². The second kappa shape index (κ2) is 6.31. The minimum Gasteiger partial charge on any atom is -0.453 e. The highest BCUT2D eigenvalue weighted by Crippen LogP contribution is 2.46. The number of para-hydroxylation sites is 4. The maximum atomic E-state index is 13.6. The molecule has 2 heterocycles. The summed E-state index contributed by atoms with van der Waals surface area (Å²) in [6.07, 6.45) is 0. The van der Waals surface area contributed by atoms with Crippen LogP contribution in [0.25, 0.3) is 0 Å². The van der Waals surface area contributed by atoms with Crippen LogP contribution < -0.4 is 9.64 Å². The van der Waals surface area contributed by atoms with Gasteiger partial charge < -0.3 is 4.74 Å². The van der Waals surface area contributed by atoms with Gasteiger partial charge in [0.1, 0.15) is 6.04 Å². The van der Waals surface area contributed by atoms with Gasteiger partial charge in [-0.3, -0.25) is 24.2 Å². The van der Waals surface area contributed by atoms with E-state index < -0.39 is 17.9 Å². The predicted molar refractivity (Wildman–Crippen MR) is 107 cm³/mol. The number of fused-ring (bicyclic) bond motifs is 3. The van der Waals surface area contributed by atoms with E-state index in [2.05, 4.69) is 0 Å². The lowest BCUT2D eigenvalue weighted by Gasteiger charge is -2.34. The first-order valence-corrected chi connectivity index (χ1v) is 9.24. The lowest BCUT2D eigenvalue weighted by molar-refractivity contribution is -0.121. The number of anilines is 2. The van der Waals surface area contributed by atoms with Crippen molar-refractivity contribution in [2.75, 3.05) is 4.90 Å². The molecule has 1 unspecified atom stereocenters. The highest BCUT2D eigenvalue weighted by Gasteiger charge is 2.43. The lowest BCUT2D eigenvalue weighted by Crippen LogP contribution is -2.48. The Morgan fingerprint density at radius 1 is 0.759 bits per heavy atom. The minimum atomic E-state index is -0.985. The van der Waals surface area contributed by atoms with Gasteiger partial charge in [-0.25, -0.2) is 0 Å². The Labute approximate surface area is 166 Å². The van der Waals surface area contributed by atoms with Crippen LogP contribution in [0.5, 0.6) is 11.5 Å². The third-order valence-corrected chi connectivity index (χ3v) is 5.22. The molecule has 3 aromatic rings. The fourth-order valence-electron chi connectivity index (χ4n) is 3.80. The van der Waals surface area contributed by atoms with Crippen LogP contribution in [0, 0.1) is 0 Å². The SMILES string of the molecule is CC(C(=O)N1c2ccccc2Oc2ccccc21)N1C(=O)c2ccccc2C1=O. The summed E-state index contributed by atoms with van der Waals surface area (Å²) in [6, 6.07) is 20.0. The Bertz CT molecular complexity index is 1110. The van der Waals surface area contributed by atoms with Crippen molar-refractivity contribution in [3.8, 4) is 11.5 Å². The van der Waals surface area contributed by atoms with E-state index in [1.165, 1.54) is 4.90 Å². The molecule has 6 nitrogen and oxygen atoms in total. The largest absolute Gasteiger partial charge is 0.453 e. The topological polar surface area (TPSA) is 66.9 Å². The van der Waals surface area contributed by atoms with Crippen molar-refractivity contribution in [2.45, 2.75) is 13.0 Å². The van der Waals surface area contributed by atoms with Crippen LogP contribution in [0.4, 0.5) is 11.4 Å². The van der Waals surface area contributed by atoms with Crippen LogP contribution in [-0.2, 0) is 4.79 Å². The van der Waals surface area contributed by atoms with Gasteiger partial charge in [0.15, 0.2) is 11.5 Å². The van der Waals surface area contributed by atoms with Gasteiger partial charge in [-0.15, -0.1) is 0 Å². The molecular formula is C23H16N2O4. The third-order valence-electron chi connectivity index (χ3n) is 5.22. The van der Waals surface area contributed by atoms with E-state index in [0.29, 0.717) is 34.0 Å². The lowest BCUT2D eigenvalue weighted by atomic mass is 10.1. The Morgan fingerprint density at radius 2 is 1.21 bits per heavy atom. The quantitative estimate of drug-likeness (QED) is 0.623. The summed E-state index contributed by atoms with van der Waals surface area (Å²) in [5.41, 5.74) is 1.78. The van der Waals surface area contributed by atoms with Crippen LogP contribution >= 0.6 is 0 Å². The first kappa shape index (κ1) is 17.2. The fraction of sp³-hybridized carbons (Fsp3) is 0.0870. The molecule has 3 amide bonds. The number of ether oxygens (including phenoxy) is 1. The summed E-state index contributed by atoms with van der Waals surface area (Å²) < 4.78 is 5.91. The van der Waals surface area contributed by atoms with Crippen LogP contribution in [0.15, 0.2) is 72.8 Å². The normalized spacial score (nSPS) is 15.3. The number of amides is 3. The van der Waals surface area contributed by atoms with E-state index in [4.69, 9.17) is 4.74 Å². The first-order valence-electron chi connectivity index (χ1n) is 9.24. The van der Waals surface area contributed by atoms with Crippen molar-refractivity contribution in [1.29, 1.82) is 0 Å². The molecule has 0 saturated carbocycles. The van der Waals surface area contributed by atoms with E-state index in [1.807, 2.05) is 24.3 Å². The number of imide groups is 1. The van der Waals surface area contributed by atoms with E-state index >= 15 is 0 Å². The van der Waals surface area contributed by atoms with Crippen LogP contribution in [-0.4, -0.2) is 28.7 Å². The Hall–Kier alpha value is -3.93. The number of hydrogen-bond acceptors (Lipinski definition) is 4. The highest BCUT2D eigenvalue weighted by atomic mass is 16.5. The maximum Gasteiger partial charge on any atom is 0.262 e. The molecule has 3 aromatic carbocycles. The minimum absolute atomic E-state index is 0.319. The smallest absolute Gasteiger partial charge is 0.262 e. The van der Waals surface area contributed by atoms with Gasteiger partial charge in [0.05, 0.1) is 22.5 Å².